The van der Waals surface area contributed by atoms with E-state index in [0.717, 1.165) is 24.8 Å². The Morgan fingerprint density at radius 2 is 2.12 bits per heavy atom. The minimum Gasteiger partial charge on any atom is -0.496 e. The van der Waals surface area contributed by atoms with Gasteiger partial charge < -0.3 is 19.3 Å². The van der Waals surface area contributed by atoms with E-state index in [1.807, 2.05) is 31.2 Å². The van der Waals surface area contributed by atoms with Crippen LogP contribution >= 0.6 is 0 Å². The molecule has 0 bridgehead atoms. The first-order chi connectivity index (χ1) is 12.1. The summed E-state index contributed by atoms with van der Waals surface area (Å²) < 4.78 is 15.9. The molecule has 1 aliphatic carbocycles. The maximum Gasteiger partial charge on any atom is 0.249 e. The van der Waals surface area contributed by atoms with E-state index in [2.05, 4.69) is 15.5 Å². The third kappa shape index (κ3) is 3.37. The van der Waals surface area contributed by atoms with Crippen LogP contribution in [0, 0.1) is 5.41 Å². The van der Waals surface area contributed by atoms with Crippen molar-refractivity contribution in [2.75, 3.05) is 20.8 Å². The quantitative estimate of drug-likeness (QED) is 0.830. The highest BCUT2D eigenvalue weighted by Crippen LogP contribution is 2.41. The van der Waals surface area contributed by atoms with Gasteiger partial charge in [0.2, 0.25) is 17.6 Å². The Morgan fingerprint density at radius 3 is 2.76 bits per heavy atom. The van der Waals surface area contributed by atoms with Crippen LogP contribution in [0.4, 0.5) is 0 Å². The van der Waals surface area contributed by atoms with Gasteiger partial charge in [-0.1, -0.05) is 23.7 Å². The zero-order valence-electron chi connectivity index (χ0n) is 14.7. The molecular weight excluding hydrogens is 322 g/mol. The van der Waals surface area contributed by atoms with Gasteiger partial charge in [0.25, 0.3) is 0 Å². The fourth-order valence-corrected chi connectivity index (χ4v) is 3.08. The number of carbonyl (C=O) groups excluding carboxylic acids is 1. The number of rotatable bonds is 7. The first-order valence-corrected chi connectivity index (χ1v) is 8.36. The molecule has 0 spiro atoms. The maximum atomic E-state index is 12.6. The number of ether oxygens (including phenoxy) is 2. The van der Waals surface area contributed by atoms with Gasteiger partial charge >= 0.3 is 0 Å². The second-order valence-corrected chi connectivity index (χ2v) is 6.42. The van der Waals surface area contributed by atoms with Crippen molar-refractivity contribution in [2.45, 2.75) is 32.2 Å². The van der Waals surface area contributed by atoms with Crippen molar-refractivity contribution in [3.63, 3.8) is 0 Å². The molecule has 7 heteroatoms. The van der Waals surface area contributed by atoms with Gasteiger partial charge in [0, 0.05) is 7.11 Å². The first-order valence-electron chi connectivity index (χ1n) is 8.36. The van der Waals surface area contributed by atoms with Crippen LogP contribution in [0.5, 0.6) is 5.75 Å². The number of amides is 1. The summed E-state index contributed by atoms with van der Waals surface area (Å²) in [5.74, 6) is 1.44. The molecule has 1 aliphatic rings. The molecule has 0 saturated heterocycles. The van der Waals surface area contributed by atoms with E-state index in [4.69, 9.17) is 14.0 Å². The Hall–Kier alpha value is -2.41. The van der Waals surface area contributed by atoms with Crippen LogP contribution in [0.2, 0.25) is 0 Å². The van der Waals surface area contributed by atoms with Gasteiger partial charge in [0.05, 0.1) is 24.7 Å². The van der Waals surface area contributed by atoms with Gasteiger partial charge in [-0.3, -0.25) is 4.79 Å². The Labute approximate surface area is 146 Å². The summed E-state index contributed by atoms with van der Waals surface area (Å²) in [4.78, 5) is 17.0. The number of benzene rings is 1. The molecule has 7 nitrogen and oxygen atoms in total. The number of nitrogens with zero attached hydrogens (tertiary/aromatic N) is 2. The molecule has 1 saturated carbocycles. The predicted molar refractivity (Wildman–Crippen MR) is 91.0 cm³/mol. The van der Waals surface area contributed by atoms with Gasteiger partial charge in [0.15, 0.2) is 0 Å². The minimum absolute atomic E-state index is 0.0230. The topological polar surface area (TPSA) is 86.5 Å². The second-order valence-electron chi connectivity index (χ2n) is 6.42. The molecular formula is C18H23N3O4. The number of nitrogens with one attached hydrogen (secondary N) is 1. The maximum absolute atomic E-state index is 12.6. The standard InChI is InChI=1S/C18H23N3O4/c1-12(19-17(22)18(11-23-2)9-6-10-18)16-20-15(21-25-16)13-7-4-5-8-14(13)24-3/h4-5,7-8,12H,6,9-11H2,1-3H3,(H,19,22)/t12-/m0/s1. The van der Waals surface area contributed by atoms with Gasteiger partial charge in [-0.25, -0.2) is 0 Å². The molecule has 1 N–H and O–H groups in total. The molecule has 0 unspecified atom stereocenters. The van der Waals surface area contributed by atoms with E-state index in [0.29, 0.717) is 24.1 Å². The lowest BCUT2D eigenvalue weighted by Crippen LogP contribution is -2.49. The fraction of sp³-hybridized carbons (Fsp3) is 0.500. The number of carbonyl (C=O) groups is 1. The normalized spacial score (nSPS) is 16.8. The molecule has 134 valence electrons. The summed E-state index contributed by atoms with van der Waals surface area (Å²) in [5, 5.41) is 6.98. The average molecular weight is 345 g/mol. The van der Waals surface area contributed by atoms with Crippen LogP contribution in [-0.4, -0.2) is 36.9 Å². The molecule has 1 fully saturated rings. The van der Waals surface area contributed by atoms with E-state index in [9.17, 15) is 4.79 Å². The Morgan fingerprint density at radius 1 is 1.36 bits per heavy atom. The second kappa shape index (κ2) is 7.23. The van der Waals surface area contributed by atoms with Crippen LogP contribution in [0.15, 0.2) is 28.8 Å². The molecule has 0 aliphatic heterocycles. The van der Waals surface area contributed by atoms with E-state index in [-0.39, 0.29) is 11.9 Å². The van der Waals surface area contributed by atoms with Crippen LogP contribution in [-0.2, 0) is 9.53 Å². The lowest BCUT2D eigenvalue weighted by molar-refractivity contribution is -0.141. The summed E-state index contributed by atoms with van der Waals surface area (Å²) in [7, 11) is 3.21. The van der Waals surface area contributed by atoms with Crippen molar-refractivity contribution in [1.82, 2.24) is 15.5 Å². The molecule has 1 aromatic heterocycles. The van der Waals surface area contributed by atoms with Crippen LogP contribution < -0.4 is 10.1 Å². The van der Waals surface area contributed by atoms with E-state index in [1.165, 1.54) is 0 Å². The minimum atomic E-state index is -0.422. The zero-order chi connectivity index (χ0) is 17.9. The monoisotopic (exact) mass is 345 g/mol. The molecule has 1 atom stereocenters. The molecule has 25 heavy (non-hydrogen) atoms. The SMILES string of the molecule is COCC1(C(=O)N[C@@H](C)c2nc(-c3ccccc3OC)no2)CCC1. The smallest absolute Gasteiger partial charge is 0.249 e. The summed E-state index contributed by atoms with van der Waals surface area (Å²) in [6, 6.07) is 7.07. The van der Waals surface area contributed by atoms with Crippen molar-refractivity contribution in [2.24, 2.45) is 5.41 Å². The third-order valence-corrected chi connectivity index (χ3v) is 4.72. The Bertz CT molecular complexity index is 739. The van der Waals surface area contributed by atoms with E-state index >= 15 is 0 Å². The molecule has 1 amide bonds. The summed E-state index contributed by atoms with van der Waals surface area (Å²) in [5.41, 5.74) is 0.322. The number of methoxy groups -OCH3 is 2. The highest BCUT2D eigenvalue weighted by Gasteiger charge is 2.44. The number of para-hydroxylation sites is 1. The summed E-state index contributed by atoms with van der Waals surface area (Å²) in [6.07, 6.45) is 2.73. The molecule has 3 rings (SSSR count). The largest absolute Gasteiger partial charge is 0.496 e. The van der Waals surface area contributed by atoms with Crippen LogP contribution in [0.3, 0.4) is 0 Å². The van der Waals surface area contributed by atoms with Crippen molar-refractivity contribution in [1.29, 1.82) is 0 Å². The number of hydrogen-bond acceptors (Lipinski definition) is 6. The van der Waals surface area contributed by atoms with Crippen molar-refractivity contribution in [3.05, 3.63) is 30.2 Å². The van der Waals surface area contributed by atoms with Crippen LogP contribution in [0.25, 0.3) is 11.4 Å². The van der Waals surface area contributed by atoms with E-state index < -0.39 is 5.41 Å². The zero-order valence-corrected chi connectivity index (χ0v) is 14.7. The highest BCUT2D eigenvalue weighted by atomic mass is 16.5. The van der Waals surface area contributed by atoms with Crippen LogP contribution in [0.1, 0.15) is 38.1 Å². The first kappa shape index (κ1) is 17.4. The van der Waals surface area contributed by atoms with Gasteiger partial charge in [0.1, 0.15) is 11.8 Å². The molecule has 1 heterocycles. The number of aromatic nitrogens is 2. The van der Waals surface area contributed by atoms with Gasteiger partial charge in [-0.15, -0.1) is 0 Å². The Balaban J connectivity index is 1.72. The van der Waals surface area contributed by atoms with Crippen molar-refractivity contribution >= 4 is 5.91 Å². The third-order valence-electron chi connectivity index (χ3n) is 4.72. The summed E-state index contributed by atoms with van der Waals surface area (Å²) >= 11 is 0. The lowest BCUT2D eigenvalue weighted by Gasteiger charge is -2.39. The van der Waals surface area contributed by atoms with Crippen molar-refractivity contribution in [3.8, 4) is 17.1 Å². The summed E-state index contributed by atoms with van der Waals surface area (Å²) in [6.45, 7) is 2.26. The Kier molecular flexibility index (Phi) is 5.03. The molecule has 2 aromatic rings. The molecule has 1 aromatic carbocycles. The van der Waals surface area contributed by atoms with E-state index in [1.54, 1.807) is 14.2 Å². The average Bonchev–Trinajstić information content (AvgIpc) is 3.07. The predicted octanol–water partition coefficient (Wildman–Crippen LogP) is 2.74. The fourth-order valence-electron chi connectivity index (χ4n) is 3.08. The van der Waals surface area contributed by atoms with Gasteiger partial charge in [-0.05, 0) is 31.9 Å². The number of hydrogen-bond donors (Lipinski definition) is 1. The lowest BCUT2D eigenvalue weighted by atomic mass is 9.68. The molecule has 0 radical (unpaired) electrons. The van der Waals surface area contributed by atoms with Crippen molar-refractivity contribution < 1.29 is 18.8 Å². The highest BCUT2D eigenvalue weighted by molar-refractivity contribution is 5.84. The van der Waals surface area contributed by atoms with Gasteiger partial charge in [-0.2, -0.15) is 4.98 Å².